The molecule has 2 aromatic rings. The Morgan fingerprint density at radius 3 is 2.55 bits per heavy atom. The molecule has 3 aliphatic carbocycles. The van der Waals surface area contributed by atoms with Gasteiger partial charge in [0.15, 0.2) is 5.60 Å². The number of aliphatic hydroxyl groups is 4. The number of aliphatic hydroxyl groups excluding tert-OH is 2. The molecule has 2 aliphatic heterocycles. The normalized spacial score (nSPS) is 44.8. The summed E-state index contributed by atoms with van der Waals surface area (Å²) < 4.78 is 12.8. The highest BCUT2D eigenvalue weighted by atomic mass is 35.5. The van der Waals surface area contributed by atoms with Crippen molar-refractivity contribution in [2.24, 2.45) is 11.3 Å². The van der Waals surface area contributed by atoms with Gasteiger partial charge in [0.05, 0.1) is 22.7 Å². The second-order valence-corrected chi connectivity index (χ2v) is 16.0. The fourth-order valence-corrected chi connectivity index (χ4v) is 9.74. The molecule has 1 aromatic heterocycles. The minimum atomic E-state index is -1.22. The molecule has 5 aliphatic rings. The number of fused-ring (bicyclic) bond motifs is 7. The largest absolute Gasteiger partial charge is 0.391 e. The lowest BCUT2D eigenvalue weighted by molar-refractivity contribution is -0.280. The van der Waals surface area contributed by atoms with Gasteiger partial charge in [-0.3, -0.25) is 0 Å². The van der Waals surface area contributed by atoms with Crippen molar-refractivity contribution in [1.29, 1.82) is 0 Å². The average Bonchev–Trinajstić information content (AvgIpc) is 3.44. The van der Waals surface area contributed by atoms with Crippen molar-refractivity contribution >= 4 is 22.5 Å². The third-order valence-corrected chi connectivity index (χ3v) is 12.5. The quantitative estimate of drug-likeness (QED) is 0.280. The Kier molecular flexibility index (Phi) is 5.56. The van der Waals surface area contributed by atoms with Gasteiger partial charge in [-0.05, 0) is 82.9 Å². The highest BCUT2D eigenvalue weighted by Crippen LogP contribution is 2.75. The van der Waals surface area contributed by atoms with Gasteiger partial charge in [0.1, 0.15) is 23.9 Å². The van der Waals surface area contributed by atoms with Crippen LogP contribution < -0.4 is 0 Å². The predicted molar refractivity (Wildman–Crippen MR) is 153 cm³/mol. The maximum Gasteiger partial charge on any atom is 0.152 e. The first-order valence-corrected chi connectivity index (χ1v) is 15.3. The van der Waals surface area contributed by atoms with Gasteiger partial charge in [-0.2, -0.15) is 0 Å². The van der Waals surface area contributed by atoms with Crippen molar-refractivity contribution in [3.05, 3.63) is 35.0 Å². The summed E-state index contributed by atoms with van der Waals surface area (Å²) >= 11 is 6.37. The maximum absolute atomic E-state index is 12.9. The molecule has 10 atom stereocenters. The molecule has 7 rings (SSSR count). The molecule has 1 aromatic carbocycles. The number of rotatable bonds is 4. The standard InChI is InChI=1S/C32H44ClNO6/c1-27(2,33)21(35)14-16-7-8-18-19-15-17-9-12-31(38)29(5,30(17,6)24(19)34-20(18)13-16)11-10-22-32(31)26(40-32)23(36)25(39-22)28(3,4)37/h7-8,13,17,21-23,25-26,34-38H,9-12,14-15H2,1-6H3/t17-,21-,22-,23+,25-,26+,29+,30+,31-,32-/m0/s1. The number of alkyl halides is 1. The number of ether oxygens (including phenoxy) is 2. The molecule has 40 heavy (non-hydrogen) atoms. The van der Waals surface area contributed by atoms with Gasteiger partial charge in [-0.25, -0.2) is 0 Å². The molecule has 0 bridgehead atoms. The Balaban J connectivity index is 1.28. The zero-order valence-corrected chi connectivity index (χ0v) is 25.2. The zero-order chi connectivity index (χ0) is 28.8. The SMILES string of the molecule is CC(C)(O)[C@H]1O[C@H]2CC[C@@]3(C)[C@@](O)(CC[C@H]4Cc5c([nH]c6cc(C[C@H](O)C(C)(C)Cl)ccc56)[C@@]43C)[C@]23O[C@@H]3[C@@H]1O. The first-order chi connectivity index (χ1) is 18.5. The minimum Gasteiger partial charge on any atom is -0.391 e. The summed E-state index contributed by atoms with van der Waals surface area (Å²) in [5.41, 5.74) is 0.374. The molecule has 0 radical (unpaired) electrons. The molecule has 2 saturated heterocycles. The Labute approximate surface area is 241 Å². The van der Waals surface area contributed by atoms with Crippen molar-refractivity contribution < 1.29 is 29.9 Å². The minimum absolute atomic E-state index is 0.333. The lowest BCUT2D eigenvalue weighted by Crippen LogP contribution is -2.76. The topological polar surface area (TPSA) is 118 Å². The molecule has 7 nitrogen and oxygen atoms in total. The zero-order valence-electron chi connectivity index (χ0n) is 24.4. The predicted octanol–water partition coefficient (Wildman–Crippen LogP) is 3.88. The second kappa shape index (κ2) is 8.04. The Hall–Kier alpha value is -1.19. The van der Waals surface area contributed by atoms with Crippen LogP contribution >= 0.6 is 11.6 Å². The van der Waals surface area contributed by atoms with Gasteiger partial charge in [0.25, 0.3) is 0 Å². The van der Waals surface area contributed by atoms with E-state index in [2.05, 4.69) is 37.0 Å². The highest BCUT2D eigenvalue weighted by Gasteiger charge is 2.86. The van der Waals surface area contributed by atoms with Gasteiger partial charge in [-0.15, -0.1) is 11.6 Å². The smallest absolute Gasteiger partial charge is 0.152 e. The molecule has 8 heteroatoms. The van der Waals surface area contributed by atoms with E-state index in [-0.39, 0.29) is 11.5 Å². The van der Waals surface area contributed by atoms with E-state index in [1.165, 1.54) is 16.6 Å². The van der Waals surface area contributed by atoms with Crippen LogP contribution in [0.5, 0.6) is 0 Å². The van der Waals surface area contributed by atoms with Crippen molar-refractivity contribution in [3.63, 3.8) is 0 Å². The number of halogens is 1. The summed E-state index contributed by atoms with van der Waals surface area (Å²) in [7, 11) is 0. The van der Waals surface area contributed by atoms with Crippen molar-refractivity contribution in [2.75, 3.05) is 0 Å². The molecule has 4 fully saturated rings. The number of H-pyrrole nitrogens is 1. The van der Waals surface area contributed by atoms with E-state index >= 15 is 0 Å². The van der Waals surface area contributed by atoms with E-state index in [1.54, 1.807) is 13.8 Å². The first kappa shape index (κ1) is 27.6. The third-order valence-electron chi connectivity index (χ3n) is 12.2. The average molecular weight is 574 g/mol. The third kappa shape index (κ3) is 3.18. The molecule has 3 heterocycles. The Bertz CT molecular complexity index is 1380. The lowest BCUT2D eigenvalue weighted by atomic mass is 9.40. The summed E-state index contributed by atoms with van der Waals surface area (Å²) in [6.45, 7) is 11.5. The van der Waals surface area contributed by atoms with E-state index in [0.717, 1.165) is 30.3 Å². The summed E-state index contributed by atoms with van der Waals surface area (Å²) in [5.74, 6) is 0.380. The van der Waals surface area contributed by atoms with Crippen molar-refractivity contribution in [1.82, 2.24) is 4.98 Å². The fraction of sp³-hybridized carbons (Fsp3) is 0.750. The van der Waals surface area contributed by atoms with Gasteiger partial charge in [-0.1, -0.05) is 26.0 Å². The van der Waals surface area contributed by atoms with Crippen LogP contribution in [0.15, 0.2) is 18.2 Å². The van der Waals surface area contributed by atoms with Crippen LogP contribution in [0.25, 0.3) is 10.9 Å². The van der Waals surface area contributed by atoms with Crippen molar-refractivity contribution in [2.45, 2.75) is 138 Å². The van der Waals surface area contributed by atoms with Crippen LogP contribution in [0.3, 0.4) is 0 Å². The fourth-order valence-electron chi connectivity index (χ4n) is 9.67. The second-order valence-electron chi connectivity index (χ2n) is 15.0. The van der Waals surface area contributed by atoms with Gasteiger partial charge < -0.3 is 34.9 Å². The van der Waals surface area contributed by atoms with Crippen LogP contribution in [-0.2, 0) is 27.7 Å². The number of hydrogen-bond donors (Lipinski definition) is 5. The van der Waals surface area contributed by atoms with E-state index in [1.807, 2.05) is 13.8 Å². The molecule has 0 unspecified atom stereocenters. The number of benzene rings is 1. The van der Waals surface area contributed by atoms with Gasteiger partial charge >= 0.3 is 0 Å². The van der Waals surface area contributed by atoms with Gasteiger partial charge in [0, 0.05) is 33.8 Å². The number of hydrogen-bond acceptors (Lipinski definition) is 6. The Morgan fingerprint density at radius 2 is 1.88 bits per heavy atom. The maximum atomic E-state index is 12.9. The molecular formula is C32H44ClNO6. The molecule has 220 valence electrons. The molecule has 0 amide bonds. The summed E-state index contributed by atoms with van der Waals surface area (Å²) in [4.78, 5) is 3.09. The first-order valence-electron chi connectivity index (χ1n) is 15.0. The van der Waals surface area contributed by atoms with E-state index in [9.17, 15) is 20.4 Å². The Morgan fingerprint density at radius 1 is 1.15 bits per heavy atom. The van der Waals surface area contributed by atoms with E-state index < -0.39 is 51.5 Å². The molecule has 1 spiro atoms. The van der Waals surface area contributed by atoms with Crippen LogP contribution in [0.4, 0.5) is 0 Å². The molecule has 2 saturated carbocycles. The highest BCUT2D eigenvalue weighted by molar-refractivity contribution is 6.23. The summed E-state index contributed by atoms with van der Waals surface area (Å²) in [6.07, 6.45) is 0.972. The van der Waals surface area contributed by atoms with Gasteiger partial charge in [0.2, 0.25) is 0 Å². The number of epoxide rings is 1. The monoisotopic (exact) mass is 573 g/mol. The van der Waals surface area contributed by atoms with Crippen LogP contribution in [0, 0.1) is 11.3 Å². The van der Waals surface area contributed by atoms with E-state index in [4.69, 9.17) is 21.1 Å². The summed E-state index contributed by atoms with van der Waals surface area (Å²) in [5, 5.41) is 46.6. The van der Waals surface area contributed by atoms with E-state index in [0.29, 0.717) is 25.2 Å². The molecule has 5 N–H and O–H groups in total. The lowest BCUT2D eigenvalue weighted by Gasteiger charge is -2.66. The van der Waals surface area contributed by atoms with Crippen LogP contribution in [0.1, 0.15) is 84.0 Å². The number of aromatic nitrogens is 1. The number of nitrogens with one attached hydrogen (secondary N) is 1. The molecular weight excluding hydrogens is 530 g/mol. The summed E-state index contributed by atoms with van der Waals surface area (Å²) in [6, 6.07) is 6.39. The van der Waals surface area contributed by atoms with Crippen LogP contribution in [-0.4, -0.2) is 77.6 Å². The van der Waals surface area contributed by atoms with Crippen molar-refractivity contribution in [3.8, 4) is 0 Å². The van der Waals surface area contributed by atoms with Crippen LogP contribution in [0.2, 0.25) is 0 Å². The number of aromatic amines is 1.